The van der Waals surface area contributed by atoms with E-state index in [1.165, 1.54) is 10.5 Å². The lowest BCUT2D eigenvalue weighted by atomic mass is 10.3. The lowest BCUT2D eigenvalue weighted by Crippen LogP contribution is -1.88. The molecule has 3 rings (SSSR count). The fourth-order valence-electron chi connectivity index (χ4n) is 1.89. The fourth-order valence-corrected chi connectivity index (χ4v) is 1.89. The van der Waals surface area contributed by atoms with E-state index in [9.17, 15) is 4.39 Å². The van der Waals surface area contributed by atoms with E-state index in [1.807, 2.05) is 24.3 Å². The molecule has 0 bridgehead atoms. The Morgan fingerprint density at radius 3 is 2.90 bits per heavy atom. The molecule has 2 heterocycles. The van der Waals surface area contributed by atoms with Gasteiger partial charge in [-0.3, -0.25) is 9.39 Å². The Balaban J connectivity index is 1.92. The zero-order valence-electron chi connectivity index (χ0n) is 10.8. The number of hydrogen-bond donors (Lipinski definition) is 0. The fraction of sp³-hybridized carbons (Fsp3) is 0.0667. The summed E-state index contributed by atoms with van der Waals surface area (Å²) in [5, 5.41) is 0. The molecule has 0 radical (unpaired) electrons. The van der Waals surface area contributed by atoms with Crippen LogP contribution in [0.15, 0.2) is 53.7 Å². The molecule has 5 heteroatoms. The number of nitrogens with zero attached hydrogens (tertiary/aromatic N) is 3. The van der Waals surface area contributed by atoms with E-state index in [0.29, 0.717) is 11.3 Å². The van der Waals surface area contributed by atoms with Crippen molar-refractivity contribution in [2.24, 2.45) is 4.99 Å². The van der Waals surface area contributed by atoms with Crippen molar-refractivity contribution in [2.45, 2.75) is 0 Å². The maximum Gasteiger partial charge on any atom is 0.199 e. The maximum absolute atomic E-state index is 13.5. The van der Waals surface area contributed by atoms with Gasteiger partial charge in [-0.15, -0.1) is 0 Å². The molecule has 0 atom stereocenters. The van der Waals surface area contributed by atoms with Crippen LogP contribution >= 0.6 is 0 Å². The number of rotatable bonds is 3. The highest BCUT2D eigenvalue weighted by Crippen LogP contribution is 2.19. The van der Waals surface area contributed by atoms with E-state index < -0.39 is 0 Å². The molecule has 20 heavy (non-hydrogen) atoms. The second kappa shape index (κ2) is 5.13. The van der Waals surface area contributed by atoms with Crippen molar-refractivity contribution in [3.63, 3.8) is 0 Å². The van der Waals surface area contributed by atoms with E-state index in [2.05, 4.69) is 9.98 Å². The zero-order valence-corrected chi connectivity index (χ0v) is 10.8. The van der Waals surface area contributed by atoms with Crippen LogP contribution in [-0.2, 0) is 0 Å². The van der Waals surface area contributed by atoms with Crippen molar-refractivity contribution >= 4 is 17.5 Å². The van der Waals surface area contributed by atoms with Gasteiger partial charge < -0.3 is 4.74 Å². The van der Waals surface area contributed by atoms with Gasteiger partial charge in [0.1, 0.15) is 17.1 Å². The summed E-state index contributed by atoms with van der Waals surface area (Å²) >= 11 is 0. The van der Waals surface area contributed by atoms with Crippen LogP contribution in [0.5, 0.6) is 5.75 Å². The number of hydrogen-bond acceptors (Lipinski definition) is 3. The van der Waals surface area contributed by atoms with Crippen LogP contribution in [0.3, 0.4) is 0 Å². The lowest BCUT2D eigenvalue weighted by molar-refractivity contribution is 0.415. The molecule has 1 aromatic carbocycles. The Bertz CT molecular complexity index is 780. The van der Waals surface area contributed by atoms with Crippen molar-refractivity contribution in [1.29, 1.82) is 0 Å². The number of ether oxygens (including phenoxy) is 1. The molecule has 0 fully saturated rings. The summed E-state index contributed by atoms with van der Waals surface area (Å²) < 4.78 is 20.0. The molecule has 4 nitrogen and oxygen atoms in total. The lowest BCUT2D eigenvalue weighted by Gasteiger charge is -1.98. The van der Waals surface area contributed by atoms with Crippen LogP contribution in [-0.4, -0.2) is 22.7 Å². The van der Waals surface area contributed by atoms with Gasteiger partial charge in [0.2, 0.25) is 0 Å². The first-order chi connectivity index (χ1) is 9.76. The van der Waals surface area contributed by atoms with Crippen molar-refractivity contribution in [3.05, 3.63) is 60.3 Å². The quantitative estimate of drug-likeness (QED) is 0.541. The molecule has 0 aliphatic carbocycles. The first-order valence-corrected chi connectivity index (χ1v) is 6.08. The summed E-state index contributed by atoms with van der Waals surface area (Å²) in [6, 6.07) is 12.1. The third-order valence-corrected chi connectivity index (χ3v) is 2.86. The summed E-state index contributed by atoms with van der Waals surface area (Å²) in [5.41, 5.74) is 1.90. The van der Waals surface area contributed by atoms with Crippen LogP contribution in [0.25, 0.3) is 5.65 Å². The molecule has 3 aromatic rings. The van der Waals surface area contributed by atoms with Crippen molar-refractivity contribution in [2.75, 3.05) is 7.11 Å². The first-order valence-electron chi connectivity index (χ1n) is 6.08. The molecular formula is C15H12FN3O. The molecule has 0 spiro atoms. The standard InChI is InChI=1S/C15H12FN3O/c1-20-13-5-2-4-11(8-13)17-9-12-10-19-14(16)6-3-7-15(19)18-12/h2-10H,1H3/b17-9+. The molecule has 0 unspecified atom stereocenters. The Labute approximate surface area is 115 Å². The van der Waals surface area contributed by atoms with Gasteiger partial charge in [-0.05, 0) is 24.3 Å². The van der Waals surface area contributed by atoms with Crippen LogP contribution in [0, 0.1) is 5.95 Å². The minimum Gasteiger partial charge on any atom is -0.497 e. The maximum atomic E-state index is 13.5. The molecule has 100 valence electrons. The average Bonchev–Trinajstić information content (AvgIpc) is 2.90. The summed E-state index contributed by atoms with van der Waals surface area (Å²) in [4.78, 5) is 8.58. The van der Waals surface area contributed by atoms with Crippen molar-refractivity contribution in [1.82, 2.24) is 9.38 Å². The third kappa shape index (κ3) is 2.38. The summed E-state index contributed by atoms with van der Waals surface area (Å²) in [7, 11) is 1.60. The third-order valence-electron chi connectivity index (χ3n) is 2.86. The second-order valence-corrected chi connectivity index (χ2v) is 4.20. The van der Waals surface area contributed by atoms with Gasteiger partial charge in [0.25, 0.3) is 0 Å². The summed E-state index contributed by atoms with van der Waals surface area (Å²) in [5.74, 6) is 0.386. The Kier molecular flexibility index (Phi) is 3.16. The monoisotopic (exact) mass is 269 g/mol. The normalized spacial score (nSPS) is 11.3. The van der Waals surface area contributed by atoms with Gasteiger partial charge in [-0.25, -0.2) is 4.98 Å². The van der Waals surface area contributed by atoms with Gasteiger partial charge >= 0.3 is 0 Å². The summed E-state index contributed by atoms with van der Waals surface area (Å²) in [6.45, 7) is 0. The Hall–Kier alpha value is -2.69. The summed E-state index contributed by atoms with van der Waals surface area (Å²) in [6.07, 6.45) is 3.20. The highest BCUT2D eigenvalue weighted by Gasteiger charge is 2.02. The number of halogens is 1. The van der Waals surface area contributed by atoms with E-state index in [-0.39, 0.29) is 5.95 Å². The SMILES string of the molecule is COc1cccc(/N=C/c2cn3c(F)cccc3n2)c1. The first kappa shape index (κ1) is 12.3. The van der Waals surface area contributed by atoms with Crippen molar-refractivity contribution < 1.29 is 9.13 Å². The van der Waals surface area contributed by atoms with Crippen LogP contribution in [0.4, 0.5) is 10.1 Å². The largest absolute Gasteiger partial charge is 0.497 e. The zero-order chi connectivity index (χ0) is 13.9. The van der Waals surface area contributed by atoms with Crippen LogP contribution in [0.2, 0.25) is 0 Å². The molecule has 0 aliphatic rings. The number of pyridine rings is 1. The average molecular weight is 269 g/mol. The number of fused-ring (bicyclic) bond motifs is 1. The molecule has 2 aromatic heterocycles. The predicted octanol–water partition coefficient (Wildman–Crippen LogP) is 3.23. The highest BCUT2D eigenvalue weighted by molar-refractivity contribution is 5.80. The molecule has 0 N–H and O–H groups in total. The van der Waals surface area contributed by atoms with E-state index in [1.54, 1.807) is 31.7 Å². The Morgan fingerprint density at radius 1 is 1.25 bits per heavy atom. The second-order valence-electron chi connectivity index (χ2n) is 4.20. The number of methoxy groups -OCH3 is 1. The number of aromatic nitrogens is 2. The molecular weight excluding hydrogens is 257 g/mol. The van der Waals surface area contributed by atoms with Gasteiger partial charge in [0, 0.05) is 12.3 Å². The molecule has 0 saturated carbocycles. The minimum absolute atomic E-state index is 0.351. The minimum atomic E-state index is -0.351. The number of aliphatic imine (C=N–C) groups is 1. The topological polar surface area (TPSA) is 38.9 Å². The van der Waals surface area contributed by atoms with E-state index in [0.717, 1.165) is 11.4 Å². The number of benzene rings is 1. The van der Waals surface area contributed by atoms with Crippen molar-refractivity contribution in [3.8, 4) is 5.75 Å². The highest BCUT2D eigenvalue weighted by atomic mass is 19.1. The van der Waals surface area contributed by atoms with Gasteiger partial charge in [0.15, 0.2) is 5.95 Å². The molecule has 0 amide bonds. The Morgan fingerprint density at radius 2 is 2.10 bits per heavy atom. The predicted molar refractivity (Wildman–Crippen MR) is 75.4 cm³/mol. The molecule has 0 aliphatic heterocycles. The van der Waals surface area contributed by atoms with Gasteiger partial charge in [-0.2, -0.15) is 4.39 Å². The molecule has 0 saturated heterocycles. The van der Waals surface area contributed by atoms with Gasteiger partial charge in [0.05, 0.1) is 19.0 Å². The van der Waals surface area contributed by atoms with Gasteiger partial charge in [-0.1, -0.05) is 12.1 Å². The van der Waals surface area contributed by atoms with Crippen LogP contribution in [0.1, 0.15) is 5.69 Å². The van der Waals surface area contributed by atoms with E-state index in [4.69, 9.17) is 4.74 Å². The number of imidazole rings is 1. The van der Waals surface area contributed by atoms with E-state index >= 15 is 0 Å². The smallest absolute Gasteiger partial charge is 0.199 e. The van der Waals surface area contributed by atoms with Crippen LogP contribution < -0.4 is 4.74 Å².